The van der Waals surface area contributed by atoms with Crippen molar-refractivity contribution in [2.75, 3.05) is 0 Å². The minimum absolute atomic E-state index is 0.00571. The molecular weight excluding hydrogens is 282 g/mol. The van der Waals surface area contributed by atoms with Crippen LogP contribution in [-0.4, -0.2) is 21.5 Å². The molecule has 1 aromatic heterocycles. The molecule has 116 valence electrons. The lowest BCUT2D eigenvalue weighted by molar-refractivity contribution is -0.122. The van der Waals surface area contributed by atoms with E-state index in [0.29, 0.717) is 0 Å². The van der Waals surface area contributed by atoms with Gasteiger partial charge in [-0.25, -0.2) is 4.79 Å². The van der Waals surface area contributed by atoms with Gasteiger partial charge in [0.15, 0.2) is 0 Å². The molecule has 1 atom stereocenters. The molecule has 0 spiro atoms. The number of H-pyrrole nitrogens is 1. The van der Waals surface area contributed by atoms with Crippen molar-refractivity contribution in [2.24, 2.45) is 0 Å². The first kappa shape index (κ1) is 15.8. The van der Waals surface area contributed by atoms with Gasteiger partial charge in [-0.15, -0.1) is 0 Å². The molecule has 1 aromatic carbocycles. The number of hydrogen-bond donors (Lipinski definition) is 2. The highest BCUT2D eigenvalue weighted by molar-refractivity contribution is 5.75. The lowest BCUT2D eigenvalue weighted by Crippen LogP contribution is -2.39. The topological polar surface area (TPSA) is 84.0 Å². The second-order valence-corrected chi connectivity index (χ2v) is 5.23. The van der Waals surface area contributed by atoms with E-state index in [4.69, 9.17) is 0 Å². The van der Waals surface area contributed by atoms with Crippen molar-refractivity contribution in [3.05, 3.63) is 69.0 Å². The number of rotatable bonds is 6. The van der Waals surface area contributed by atoms with Crippen LogP contribution in [0.2, 0.25) is 0 Å². The summed E-state index contributed by atoms with van der Waals surface area (Å²) in [5, 5.41) is 2.85. The van der Waals surface area contributed by atoms with Gasteiger partial charge in [0.2, 0.25) is 5.91 Å². The number of benzene rings is 1. The summed E-state index contributed by atoms with van der Waals surface area (Å²) in [7, 11) is 0. The van der Waals surface area contributed by atoms with E-state index in [2.05, 4.69) is 22.4 Å². The molecule has 0 bridgehead atoms. The van der Waals surface area contributed by atoms with Gasteiger partial charge in [-0.1, -0.05) is 30.3 Å². The predicted octanol–water partition coefficient (Wildman–Crippen LogP) is 0.674. The van der Waals surface area contributed by atoms with Crippen LogP contribution in [0.5, 0.6) is 0 Å². The quantitative estimate of drug-likeness (QED) is 0.822. The molecular formula is C16H19N3O3. The first-order valence-electron chi connectivity index (χ1n) is 7.17. The van der Waals surface area contributed by atoms with Crippen molar-refractivity contribution in [2.45, 2.75) is 32.4 Å². The average molecular weight is 301 g/mol. The van der Waals surface area contributed by atoms with Gasteiger partial charge in [-0.05, 0) is 25.3 Å². The number of nitrogens with zero attached hydrogens (tertiary/aromatic N) is 1. The molecule has 0 fully saturated rings. The summed E-state index contributed by atoms with van der Waals surface area (Å²) in [6.45, 7) is 1.82. The zero-order valence-electron chi connectivity index (χ0n) is 12.4. The Labute approximate surface area is 127 Å². The van der Waals surface area contributed by atoms with Crippen LogP contribution in [0, 0.1) is 0 Å². The Kier molecular flexibility index (Phi) is 5.30. The van der Waals surface area contributed by atoms with Gasteiger partial charge in [-0.3, -0.25) is 19.1 Å². The normalized spacial score (nSPS) is 11.9. The summed E-state index contributed by atoms with van der Waals surface area (Å²) < 4.78 is 1.17. The molecule has 2 rings (SSSR count). The number of carbonyl (C=O) groups is 1. The number of aromatic nitrogens is 2. The van der Waals surface area contributed by atoms with Crippen LogP contribution in [0.1, 0.15) is 18.9 Å². The summed E-state index contributed by atoms with van der Waals surface area (Å²) in [5.74, 6) is -0.255. The lowest BCUT2D eigenvalue weighted by atomic mass is 10.1. The van der Waals surface area contributed by atoms with Crippen LogP contribution >= 0.6 is 0 Å². The zero-order valence-corrected chi connectivity index (χ0v) is 12.4. The van der Waals surface area contributed by atoms with E-state index in [1.165, 1.54) is 22.4 Å². The van der Waals surface area contributed by atoms with Crippen LogP contribution in [0.25, 0.3) is 0 Å². The molecule has 2 aromatic rings. The molecule has 1 amide bonds. The minimum Gasteiger partial charge on any atom is -0.352 e. The second-order valence-electron chi connectivity index (χ2n) is 5.23. The van der Waals surface area contributed by atoms with Crippen molar-refractivity contribution in [3.8, 4) is 0 Å². The van der Waals surface area contributed by atoms with Gasteiger partial charge in [0.1, 0.15) is 6.54 Å². The molecule has 22 heavy (non-hydrogen) atoms. The van der Waals surface area contributed by atoms with E-state index in [-0.39, 0.29) is 18.5 Å². The molecule has 2 N–H and O–H groups in total. The summed E-state index contributed by atoms with van der Waals surface area (Å²) >= 11 is 0. The standard InChI is InChI=1S/C16H19N3O3/c1-12(7-8-13-5-3-2-4-6-13)17-15(21)11-19-10-9-14(20)18-16(19)22/h2-6,9-10,12H,7-8,11H2,1H3,(H,17,21)(H,18,20,22)/t12-/m1/s1. The van der Waals surface area contributed by atoms with Crippen LogP contribution < -0.4 is 16.6 Å². The Bertz CT molecular complexity index is 734. The number of aryl methyl sites for hydroxylation is 1. The van der Waals surface area contributed by atoms with Gasteiger partial charge < -0.3 is 5.32 Å². The maximum absolute atomic E-state index is 11.9. The van der Waals surface area contributed by atoms with E-state index < -0.39 is 11.2 Å². The first-order valence-corrected chi connectivity index (χ1v) is 7.17. The highest BCUT2D eigenvalue weighted by Gasteiger charge is 2.09. The Hall–Kier alpha value is -2.63. The van der Waals surface area contributed by atoms with E-state index in [0.717, 1.165) is 12.8 Å². The lowest BCUT2D eigenvalue weighted by Gasteiger charge is -2.14. The molecule has 0 aliphatic rings. The smallest absolute Gasteiger partial charge is 0.328 e. The van der Waals surface area contributed by atoms with Gasteiger partial charge in [0, 0.05) is 18.3 Å². The fourth-order valence-electron chi connectivity index (χ4n) is 2.14. The Balaban J connectivity index is 1.83. The first-order chi connectivity index (χ1) is 10.5. The van der Waals surface area contributed by atoms with Gasteiger partial charge in [0.25, 0.3) is 5.56 Å². The van der Waals surface area contributed by atoms with E-state index in [9.17, 15) is 14.4 Å². The number of amides is 1. The summed E-state index contributed by atoms with van der Waals surface area (Å²) in [6, 6.07) is 11.3. The summed E-state index contributed by atoms with van der Waals surface area (Å²) in [6.07, 6.45) is 3.01. The SMILES string of the molecule is C[C@H](CCc1ccccc1)NC(=O)Cn1ccc(=O)[nH]c1=O. The largest absolute Gasteiger partial charge is 0.352 e. The van der Waals surface area contributed by atoms with E-state index >= 15 is 0 Å². The maximum Gasteiger partial charge on any atom is 0.328 e. The molecule has 6 nitrogen and oxygen atoms in total. The number of aromatic amines is 1. The molecule has 6 heteroatoms. The number of hydrogen-bond acceptors (Lipinski definition) is 3. The number of carbonyl (C=O) groups excluding carboxylic acids is 1. The fraction of sp³-hybridized carbons (Fsp3) is 0.312. The Morgan fingerprint density at radius 1 is 1.23 bits per heavy atom. The minimum atomic E-state index is -0.584. The number of nitrogens with one attached hydrogen (secondary N) is 2. The van der Waals surface area contributed by atoms with Gasteiger partial charge in [-0.2, -0.15) is 0 Å². The monoisotopic (exact) mass is 301 g/mol. The van der Waals surface area contributed by atoms with Crippen molar-refractivity contribution < 1.29 is 4.79 Å². The van der Waals surface area contributed by atoms with Crippen molar-refractivity contribution >= 4 is 5.91 Å². The Morgan fingerprint density at radius 3 is 2.64 bits per heavy atom. The molecule has 0 saturated carbocycles. The third-order valence-electron chi connectivity index (χ3n) is 3.33. The zero-order chi connectivity index (χ0) is 15.9. The van der Waals surface area contributed by atoms with Crippen molar-refractivity contribution in [1.29, 1.82) is 0 Å². The molecule has 1 heterocycles. The van der Waals surface area contributed by atoms with Gasteiger partial charge >= 0.3 is 5.69 Å². The molecule has 0 aliphatic heterocycles. The fourth-order valence-corrected chi connectivity index (χ4v) is 2.14. The summed E-state index contributed by atoms with van der Waals surface area (Å²) in [5.41, 5.74) is 0.165. The molecule has 0 radical (unpaired) electrons. The van der Waals surface area contributed by atoms with Gasteiger partial charge in [0.05, 0.1) is 0 Å². The van der Waals surface area contributed by atoms with Crippen molar-refractivity contribution in [3.63, 3.8) is 0 Å². The third kappa shape index (κ3) is 4.73. The highest BCUT2D eigenvalue weighted by Crippen LogP contribution is 2.04. The molecule has 0 saturated heterocycles. The Morgan fingerprint density at radius 2 is 1.95 bits per heavy atom. The molecule has 0 aliphatic carbocycles. The van der Waals surface area contributed by atoms with Crippen LogP contribution in [0.4, 0.5) is 0 Å². The van der Waals surface area contributed by atoms with Crippen LogP contribution in [0.15, 0.2) is 52.2 Å². The van der Waals surface area contributed by atoms with Crippen molar-refractivity contribution in [1.82, 2.24) is 14.9 Å². The second kappa shape index (κ2) is 7.40. The summed E-state index contributed by atoms with van der Waals surface area (Å²) in [4.78, 5) is 36.5. The highest BCUT2D eigenvalue weighted by atomic mass is 16.2. The van der Waals surface area contributed by atoms with E-state index in [1.807, 2.05) is 25.1 Å². The van der Waals surface area contributed by atoms with Crippen LogP contribution in [0.3, 0.4) is 0 Å². The van der Waals surface area contributed by atoms with E-state index in [1.54, 1.807) is 0 Å². The third-order valence-corrected chi connectivity index (χ3v) is 3.33. The average Bonchev–Trinajstić information content (AvgIpc) is 2.49. The molecule has 0 unspecified atom stereocenters. The van der Waals surface area contributed by atoms with Crippen LogP contribution in [-0.2, 0) is 17.8 Å². The predicted molar refractivity (Wildman–Crippen MR) is 83.7 cm³/mol. The maximum atomic E-state index is 11.9.